The molecule has 0 amide bonds. The van der Waals surface area contributed by atoms with Gasteiger partial charge in [0.05, 0.1) is 19.8 Å². The zero-order valence-corrected chi connectivity index (χ0v) is 10.1. The van der Waals surface area contributed by atoms with E-state index in [1.165, 1.54) is 25.8 Å². The van der Waals surface area contributed by atoms with E-state index in [1.807, 2.05) is 0 Å². The van der Waals surface area contributed by atoms with Gasteiger partial charge in [0, 0.05) is 25.7 Å². The summed E-state index contributed by atoms with van der Waals surface area (Å²) in [6, 6.07) is 0.614. The maximum absolute atomic E-state index is 5.33. The third-order valence-electron chi connectivity index (χ3n) is 3.37. The van der Waals surface area contributed by atoms with Crippen molar-refractivity contribution in [3.05, 3.63) is 0 Å². The van der Waals surface area contributed by atoms with Crippen LogP contribution in [0.1, 0.15) is 19.3 Å². The Morgan fingerprint density at radius 1 is 1.06 bits per heavy atom. The number of hydrogen-bond donors (Lipinski definition) is 1. The van der Waals surface area contributed by atoms with Crippen LogP contribution in [-0.2, 0) is 9.47 Å². The Labute approximate surface area is 98.3 Å². The molecule has 1 atom stereocenters. The van der Waals surface area contributed by atoms with Gasteiger partial charge in [-0.15, -0.1) is 0 Å². The second-order valence-corrected chi connectivity index (χ2v) is 4.68. The Balaban J connectivity index is 1.42. The van der Waals surface area contributed by atoms with Gasteiger partial charge in [-0.2, -0.15) is 0 Å². The summed E-state index contributed by atoms with van der Waals surface area (Å²) < 4.78 is 10.7. The van der Waals surface area contributed by atoms with E-state index in [0.29, 0.717) is 6.04 Å². The lowest BCUT2D eigenvalue weighted by molar-refractivity contribution is 0.0372. The van der Waals surface area contributed by atoms with Crippen molar-refractivity contribution in [2.45, 2.75) is 25.3 Å². The van der Waals surface area contributed by atoms with Gasteiger partial charge in [-0.1, -0.05) is 0 Å². The van der Waals surface area contributed by atoms with Crippen LogP contribution in [0.4, 0.5) is 0 Å². The fourth-order valence-corrected chi connectivity index (χ4v) is 2.29. The third-order valence-corrected chi connectivity index (χ3v) is 3.37. The van der Waals surface area contributed by atoms with Crippen molar-refractivity contribution < 1.29 is 9.47 Å². The number of morpholine rings is 1. The van der Waals surface area contributed by atoms with Crippen LogP contribution in [0.25, 0.3) is 0 Å². The maximum atomic E-state index is 5.33. The largest absolute Gasteiger partial charge is 0.380 e. The predicted octanol–water partition coefficient (Wildman–Crippen LogP) is 0.477. The number of nitrogens with zero attached hydrogens (tertiary/aromatic N) is 1. The fraction of sp³-hybridized carbons (Fsp3) is 1.00. The molecular formula is C12H24N2O2. The lowest BCUT2D eigenvalue weighted by Crippen LogP contribution is -2.37. The van der Waals surface area contributed by atoms with E-state index in [9.17, 15) is 0 Å². The van der Waals surface area contributed by atoms with Gasteiger partial charge < -0.3 is 14.8 Å². The third kappa shape index (κ3) is 4.37. The van der Waals surface area contributed by atoms with Crippen LogP contribution in [0.3, 0.4) is 0 Å². The van der Waals surface area contributed by atoms with Crippen molar-refractivity contribution in [1.29, 1.82) is 0 Å². The average Bonchev–Trinajstić information content (AvgIpc) is 2.83. The van der Waals surface area contributed by atoms with Crippen LogP contribution >= 0.6 is 0 Å². The van der Waals surface area contributed by atoms with Gasteiger partial charge in [-0.05, 0) is 32.4 Å². The monoisotopic (exact) mass is 228 g/mol. The lowest BCUT2D eigenvalue weighted by Gasteiger charge is -2.26. The molecule has 0 aliphatic carbocycles. The van der Waals surface area contributed by atoms with E-state index in [0.717, 1.165) is 46.1 Å². The van der Waals surface area contributed by atoms with E-state index in [4.69, 9.17) is 9.47 Å². The highest BCUT2D eigenvalue weighted by molar-refractivity contribution is 4.71. The second kappa shape index (κ2) is 7.22. The Bertz CT molecular complexity index is 178. The first-order chi connectivity index (χ1) is 7.95. The minimum absolute atomic E-state index is 0.614. The van der Waals surface area contributed by atoms with Crippen molar-refractivity contribution >= 4 is 0 Å². The van der Waals surface area contributed by atoms with Crippen molar-refractivity contribution in [2.24, 2.45) is 0 Å². The number of unbranched alkanes of at least 4 members (excludes halogenated alkanes) is 1. The normalized spacial score (nSPS) is 27.4. The fourth-order valence-electron chi connectivity index (χ4n) is 2.29. The molecule has 0 aromatic carbocycles. The maximum Gasteiger partial charge on any atom is 0.0620 e. The quantitative estimate of drug-likeness (QED) is 0.670. The first-order valence-electron chi connectivity index (χ1n) is 6.56. The van der Waals surface area contributed by atoms with Crippen LogP contribution in [0.15, 0.2) is 0 Å². The molecule has 94 valence electrons. The molecule has 0 spiro atoms. The number of rotatable bonds is 6. The van der Waals surface area contributed by atoms with Gasteiger partial charge >= 0.3 is 0 Å². The van der Waals surface area contributed by atoms with Gasteiger partial charge in [-0.3, -0.25) is 4.90 Å². The molecule has 16 heavy (non-hydrogen) atoms. The Kier molecular flexibility index (Phi) is 5.55. The van der Waals surface area contributed by atoms with Crippen molar-refractivity contribution in [1.82, 2.24) is 10.2 Å². The average molecular weight is 228 g/mol. The van der Waals surface area contributed by atoms with Crippen LogP contribution in [0.2, 0.25) is 0 Å². The molecule has 2 aliphatic heterocycles. The number of ether oxygens (including phenoxy) is 2. The van der Waals surface area contributed by atoms with Crippen LogP contribution in [0, 0.1) is 0 Å². The van der Waals surface area contributed by atoms with E-state index in [-0.39, 0.29) is 0 Å². The molecule has 4 nitrogen and oxygen atoms in total. The van der Waals surface area contributed by atoms with Crippen LogP contribution < -0.4 is 5.32 Å². The minimum atomic E-state index is 0.614. The molecule has 4 heteroatoms. The van der Waals surface area contributed by atoms with Gasteiger partial charge in [-0.25, -0.2) is 0 Å². The zero-order valence-electron chi connectivity index (χ0n) is 10.1. The molecule has 2 fully saturated rings. The molecule has 2 heterocycles. The van der Waals surface area contributed by atoms with Gasteiger partial charge in [0.1, 0.15) is 0 Å². The molecule has 1 unspecified atom stereocenters. The van der Waals surface area contributed by atoms with Gasteiger partial charge in [0.2, 0.25) is 0 Å². The van der Waals surface area contributed by atoms with E-state index < -0.39 is 0 Å². The highest BCUT2D eigenvalue weighted by Crippen LogP contribution is 2.04. The summed E-state index contributed by atoms with van der Waals surface area (Å²) in [7, 11) is 0. The van der Waals surface area contributed by atoms with Crippen molar-refractivity contribution in [3.63, 3.8) is 0 Å². The molecule has 0 radical (unpaired) electrons. The molecule has 1 N–H and O–H groups in total. The summed E-state index contributed by atoms with van der Waals surface area (Å²) >= 11 is 0. The second-order valence-electron chi connectivity index (χ2n) is 4.68. The Hall–Kier alpha value is -0.160. The van der Waals surface area contributed by atoms with Gasteiger partial charge in [0.15, 0.2) is 0 Å². The van der Waals surface area contributed by atoms with Crippen LogP contribution in [-0.4, -0.2) is 63.5 Å². The molecule has 2 rings (SSSR count). The molecule has 0 aromatic rings. The first-order valence-corrected chi connectivity index (χ1v) is 6.56. The zero-order chi connectivity index (χ0) is 11.1. The summed E-state index contributed by atoms with van der Waals surface area (Å²) in [5.41, 5.74) is 0. The number of hydrogen-bond acceptors (Lipinski definition) is 4. The molecule has 2 saturated heterocycles. The lowest BCUT2D eigenvalue weighted by atomic mass is 10.2. The summed E-state index contributed by atoms with van der Waals surface area (Å²) in [6.45, 7) is 8.27. The van der Waals surface area contributed by atoms with E-state index in [1.54, 1.807) is 0 Å². The van der Waals surface area contributed by atoms with Crippen LogP contribution in [0.5, 0.6) is 0 Å². The SMILES string of the molecule is C(CCN1CCOCC1)CNC1CCOC1. The van der Waals surface area contributed by atoms with Crippen molar-refractivity contribution in [2.75, 3.05) is 52.6 Å². The molecule has 0 bridgehead atoms. The molecular weight excluding hydrogens is 204 g/mol. The van der Waals surface area contributed by atoms with Crippen molar-refractivity contribution in [3.8, 4) is 0 Å². The summed E-state index contributed by atoms with van der Waals surface area (Å²) in [4.78, 5) is 2.50. The summed E-state index contributed by atoms with van der Waals surface area (Å²) in [6.07, 6.45) is 3.75. The minimum Gasteiger partial charge on any atom is -0.380 e. The summed E-state index contributed by atoms with van der Waals surface area (Å²) in [5.74, 6) is 0. The summed E-state index contributed by atoms with van der Waals surface area (Å²) in [5, 5.41) is 3.55. The standard InChI is InChI=1S/C12H24N2O2/c1(4-13-12-3-8-16-11-12)2-5-14-6-9-15-10-7-14/h12-13H,1-11H2. The smallest absolute Gasteiger partial charge is 0.0620 e. The highest BCUT2D eigenvalue weighted by atomic mass is 16.5. The molecule has 0 aromatic heterocycles. The topological polar surface area (TPSA) is 33.7 Å². The molecule has 2 aliphatic rings. The van der Waals surface area contributed by atoms with Gasteiger partial charge in [0.25, 0.3) is 0 Å². The highest BCUT2D eigenvalue weighted by Gasteiger charge is 2.14. The predicted molar refractivity (Wildman–Crippen MR) is 63.7 cm³/mol. The number of nitrogens with one attached hydrogen (secondary N) is 1. The Morgan fingerprint density at radius 3 is 2.69 bits per heavy atom. The first kappa shape index (κ1) is 12.3. The van der Waals surface area contributed by atoms with E-state index in [2.05, 4.69) is 10.2 Å². The Morgan fingerprint density at radius 2 is 1.94 bits per heavy atom. The molecule has 0 saturated carbocycles. The van der Waals surface area contributed by atoms with E-state index >= 15 is 0 Å².